The molecular formula is C14H15NO3. The molecule has 0 radical (unpaired) electrons. The van der Waals surface area contributed by atoms with Crippen molar-refractivity contribution in [3.63, 3.8) is 0 Å². The number of aliphatic hydroxyl groups excluding tert-OH is 1. The number of fused-ring (bicyclic) bond motifs is 1. The summed E-state index contributed by atoms with van der Waals surface area (Å²) in [4.78, 5) is 12.0. The van der Waals surface area contributed by atoms with Gasteiger partial charge in [0.25, 0.3) is 5.91 Å². The average molecular weight is 245 g/mol. The van der Waals surface area contributed by atoms with Gasteiger partial charge in [0.2, 0.25) is 0 Å². The molecule has 1 aromatic carbocycles. The quantitative estimate of drug-likeness (QED) is 0.869. The van der Waals surface area contributed by atoms with Gasteiger partial charge in [-0.3, -0.25) is 4.79 Å². The average Bonchev–Trinajstić information content (AvgIpc) is 2.99. The third kappa shape index (κ3) is 1.88. The molecule has 3 rings (SSSR count). The lowest BCUT2D eigenvalue weighted by Crippen LogP contribution is -2.39. The van der Waals surface area contributed by atoms with Crippen LogP contribution >= 0.6 is 0 Å². The van der Waals surface area contributed by atoms with E-state index in [0.717, 1.165) is 23.8 Å². The fourth-order valence-corrected chi connectivity index (χ4v) is 2.05. The van der Waals surface area contributed by atoms with E-state index in [-0.39, 0.29) is 12.5 Å². The maximum absolute atomic E-state index is 12.0. The summed E-state index contributed by atoms with van der Waals surface area (Å²) in [5.41, 5.74) is 1.43. The van der Waals surface area contributed by atoms with Crippen LogP contribution in [-0.4, -0.2) is 23.2 Å². The zero-order chi connectivity index (χ0) is 12.8. The van der Waals surface area contributed by atoms with Crippen LogP contribution in [0.5, 0.6) is 0 Å². The van der Waals surface area contributed by atoms with Gasteiger partial charge >= 0.3 is 0 Å². The number of benzene rings is 1. The fraction of sp³-hybridized carbons (Fsp3) is 0.357. The van der Waals surface area contributed by atoms with Crippen LogP contribution in [0.15, 0.2) is 28.7 Å². The standard InChI is InChI=1S/C14H15NO3/c1-9-2-3-11-10(6-9)7-12(18-11)13(17)15-14(8-16)4-5-14/h2-3,6-7,16H,4-5,8H2,1H3,(H,15,17). The van der Waals surface area contributed by atoms with E-state index < -0.39 is 5.54 Å². The third-order valence-electron chi connectivity index (χ3n) is 3.43. The van der Waals surface area contributed by atoms with Gasteiger partial charge in [-0.25, -0.2) is 0 Å². The topological polar surface area (TPSA) is 62.5 Å². The summed E-state index contributed by atoms with van der Waals surface area (Å²) in [6.07, 6.45) is 1.66. The maximum Gasteiger partial charge on any atom is 0.287 e. The minimum absolute atomic E-state index is 0.0158. The molecule has 2 N–H and O–H groups in total. The summed E-state index contributed by atoms with van der Waals surface area (Å²) in [7, 11) is 0. The molecule has 0 saturated heterocycles. The van der Waals surface area contributed by atoms with Gasteiger partial charge in [0, 0.05) is 5.39 Å². The second-order valence-corrected chi connectivity index (χ2v) is 5.04. The molecule has 0 atom stereocenters. The Balaban J connectivity index is 1.87. The summed E-state index contributed by atoms with van der Waals surface area (Å²) in [5.74, 6) is 0.0470. The Morgan fingerprint density at radius 2 is 2.22 bits per heavy atom. The maximum atomic E-state index is 12.0. The van der Waals surface area contributed by atoms with Gasteiger partial charge in [-0.05, 0) is 38.0 Å². The van der Waals surface area contributed by atoms with Gasteiger partial charge in [0.1, 0.15) is 5.58 Å². The number of aliphatic hydroxyl groups is 1. The SMILES string of the molecule is Cc1ccc2oc(C(=O)NC3(CO)CC3)cc2c1. The lowest BCUT2D eigenvalue weighted by Gasteiger charge is -2.12. The first kappa shape index (κ1) is 11.3. The molecule has 4 heteroatoms. The molecule has 2 aromatic rings. The van der Waals surface area contributed by atoms with Crippen molar-refractivity contribution < 1.29 is 14.3 Å². The van der Waals surface area contributed by atoms with Gasteiger partial charge in [-0.2, -0.15) is 0 Å². The number of hydrogen-bond acceptors (Lipinski definition) is 3. The first-order valence-corrected chi connectivity index (χ1v) is 6.05. The van der Waals surface area contributed by atoms with Crippen molar-refractivity contribution >= 4 is 16.9 Å². The van der Waals surface area contributed by atoms with Crippen molar-refractivity contribution in [2.45, 2.75) is 25.3 Å². The van der Waals surface area contributed by atoms with Crippen LogP contribution in [-0.2, 0) is 0 Å². The second-order valence-electron chi connectivity index (χ2n) is 5.04. The number of aryl methyl sites for hydroxylation is 1. The molecule has 1 amide bonds. The molecule has 1 fully saturated rings. The highest BCUT2D eigenvalue weighted by Gasteiger charge is 2.43. The minimum atomic E-state index is -0.411. The highest BCUT2D eigenvalue weighted by atomic mass is 16.3. The third-order valence-corrected chi connectivity index (χ3v) is 3.43. The second kappa shape index (κ2) is 3.85. The summed E-state index contributed by atoms with van der Waals surface area (Å²) in [6, 6.07) is 7.53. The molecule has 1 aliphatic rings. The minimum Gasteiger partial charge on any atom is -0.451 e. The van der Waals surface area contributed by atoms with Crippen LogP contribution in [0, 0.1) is 6.92 Å². The number of carbonyl (C=O) groups is 1. The van der Waals surface area contributed by atoms with Gasteiger partial charge in [0.05, 0.1) is 12.1 Å². The highest BCUT2D eigenvalue weighted by Crippen LogP contribution is 2.35. The van der Waals surface area contributed by atoms with E-state index in [0.29, 0.717) is 11.3 Å². The smallest absolute Gasteiger partial charge is 0.287 e. The van der Waals surface area contributed by atoms with Crippen LogP contribution in [0.3, 0.4) is 0 Å². The molecule has 0 bridgehead atoms. The number of carbonyl (C=O) groups excluding carboxylic acids is 1. The first-order valence-electron chi connectivity index (χ1n) is 6.05. The Kier molecular flexibility index (Phi) is 2.41. The number of rotatable bonds is 3. The molecule has 1 aromatic heterocycles. The van der Waals surface area contributed by atoms with Crippen molar-refractivity contribution in [1.82, 2.24) is 5.32 Å². The van der Waals surface area contributed by atoms with Gasteiger partial charge in [-0.1, -0.05) is 11.6 Å². The van der Waals surface area contributed by atoms with Gasteiger partial charge in [-0.15, -0.1) is 0 Å². The molecule has 0 spiro atoms. The Hall–Kier alpha value is -1.81. The summed E-state index contributed by atoms with van der Waals surface area (Å²) >= 11 is 0. The Labute approximate surface area is 105 Å². The summed E-state index contributed by atoms with van der Waals surface area (Å²) in [6.45, 7) is 1.98. The molecule has 0 unspecified atom stereocenters. The number of hydrogen-bond donors (Lipinski definition) is 2. The van der Waals surface area contributed by atoms with E-state index in [1.54, 1.807) is 6.07 Å². The molecule has 4 nitrogen and oxygen atoms in total. The van der Waals surface area contributed by atoms with Crippen LogP contribution in [0.1, 0.15) is 29.0 Å². The van der Waals surface area contributed by atoms with Crippen LogP contribution < -0.4 is 5.32 Å². The van der Waals surface area contributed by atoms with Crippen LogP contribution in [0.4, 0.5) is 0 Å². The molecule has 94 valence electrons. The fourth-order valence-electron chi connectivity index (χ4n) is 2.05. The molecule has 1 saturated carbocycles. The number of amides is 1. The molecular weight excluding hydrogens is 230 g/mol. The lowest BCUT2D eigenvalue weighted by atomic mass is 10.2. The number of nitrogens with one attached hydrogen (secondary N) is 1. The largest absolute Gasteiger partial charge is 0.451 e. The lowest BCUT2D eigenvalue weighted by molar-refractivity contribution is 0.0881. The van der Waals surface area contributed by atoms with Gasteiger partial charge < -0.3 is 14.8 Å². The zero-order valence-corrected chi connectivity index (χ0v) is 10.2. The predicted molar refractivity (Wildman–Crippen MR) is 67.5 cm³/mol. The summed E-state index contributed by atoms with van der Waals surface area (Å²) in [5, 5.41) is 12.9. The molecule has 1 heterocycles. The van der Waals surface area contributed by atoms with Crippen molar-refractivity contribution in [2.24, 2.45) is 0 Å². The summed E-state index contributed by atoms with van der Waals surface area (Å²) < 4.78 is 5.51. The highest BCUT2D eigenvalue weighted by molar-refractivity contribution is 5.96. The molecule has 1 aliphatic carbocycles. The number of furan rings is 1. The van der Waals surface area contributed by atoms with Crippen molar-refractivity contribution in [3.8, 4) is 0 Å². The van der Waals surface area contributed by atoms with E-state index >= 15 is 0 Å². The first-order chi connectivity index (χ1) is 8.62. The van der Waals surface area contributed by atoms with E-state index in [2.05, 4.69) is 5.32 Å². The van der Waals surface area contributed by atoms with E-state index in [9.17, 15) is 9.90 Å². The molecule has 0 aliphatic heterocycles. The Morgan fingerprint density at radius 3 is 2.89 bits per heavy atom. The van der Waals surface area contributed by atoms with Crippen molar-refractivity contribution in [1.29, 1.82) is 0 Å². The Bertz CT molecular complexity index is 611. The van der Waals surface area contributed by atoms with Crippen molar-refractivity contribution in [2.75, 3.05) is 6.61 Å². The normalized spacial score (nSPS) is 16.8. The zero-order valence-electron chi connectivity index (χ0n) is 10.2. The monoisotopic (exact) mass is 245 g/mol. The van der Waals surface area contributed by atoms with Gasteiger partial charge in [0.15, 0.2) is 5.76 Å². The Morgan fingerprint density at radius 1 is 1.44 bits per heavy atom. The van der Waals surface area contributed by atoms with E-state index in [4.69, 9.17) is 4.42 Å². The van der Waals surface area contributed by atoms with E-state index in [1.165, 1.54) is 0 Å². The van der Waals surface area contributed by atoms with Crippen LogP contribution in [0.2, 0.25) is 0 Å². The van der Waals surface area contributed by atoms with Crippen molar-refractivity contribution in [3.05, 3.63) is 35.6 Å². The van der Waals surface area contributed by atoms with Crippen LogP contribution in [0.25, 0.3) is 11.0 Å². The predicted octanol–water partition coefficient (Wildman–Crippen LogP) is 2.00. The molecule has 18 heavy (non-hydrogen) atoms. The van der Waals surface area contributed by atoms with E-state index in [1.807, 2.05) is 25.1 Å².